The van der Waals surface area contributed by atoms with Crippen molar-refractivity contribution in [2.45, 2.75) is 66.6 Å². The Bertz CT molecular complexity index is 421. The Kier molecular flexibility index (Phi) is 7.41. The lowest BCUT2D eigenvalue weighted by Crippen LogP contribution is -2.41. The third-order valence-corrected chi connectivity index (χ3v) is 5.23. The van der Waals surface area contributed by atoms with Crippen molar-refractivity contribution in [2.24, 2.45) is 23.7 Å². The molecule has 6 atom stereocenters. The van der Waals surface area contributed by atoms with Crippen LogP contribution in [-0.4, -0.2) is 17.3 Å². The van der Waals surface area contributed by atoms with Crippen LogP contribution >= 0.6 is 0 Å². The highest BCUT2D eigenvalue weighted by Crippen LogP contribution is 2.42. The van der Waals surface area contributed by atoms with Crippen molar-refractivity contribution in [2.75, 3.05) is 0 Å². The molecule has 0 radical (unpaired) electrons. The molecule has 2 aliphatic rings. The second-order valence-electron chi connectivity index (χ2n) is 6.47. The molecule has 0 heterocycles. The lowest BCUT2D eigenvalue weighted by atomic mass is 9.67. The molecule has 0 saturated heterocycles. The molecule has 1 N–H and O–H groups in total. The molecule has 2 nitrogen and oxygen atoms in total. The zero-order valence-corrected chi connectivity index (χ0v) is 15.2. The van der Waals surface area contributed by atoms with E-state index in [1.807, 2.05) is 19.9 Å². The highest BCUT2D eigenvalue weighted by atomic mass is 16.5. The lowest BCUT2D eigenvalue weighted by molar-refractivity contribution is 0.00681. The molecule has 0 amide bonds. The van der Waals surface area contributed by atoms with Crippen LogP contribution in [0.3, 0.4) is 0 Å². The van der Waals surface area contributed by atoms with Gasteiger partial charge in [0.1, 0.15) is 6.10 Å². The molecule has 0 aromatic heterocycles. The summed E-state index contributed by atoms with van der Waals surface area (Å²) in [6.07, 6.45) is 8.14. The maximum absolute atomic E-state index is 10.1. The van der Waals surface area contributed by atoms with Gasteiger partial charge in [-0.3, -0.25) is 0 Å². The fraction of sp³-hybridized carbons (Fsp3) is 0.700. The van der Waals surface area contributed by atoms with Gasteiger partial charge in [-0.2, -0.15) is 0 Å². The summed E-state index contributed by atoms with van der Waals surface area (Å²) in [4.78, 5) is 0. The van der Waals surface area contributed by atoms with Crippen LogP contribution in [0.2, 0.25) is 0 Å². The van der Waals surface area contributed by atoms with Crippen molar-refractivity contribution in [1.29, 1.82) is 0 Å². The highest BCUT2D eigenvalue weighted by Gasteiger charge is 2.40. The van der Waals surface area contributed by atoms with Crippen LogP contribution in [0.4, 0.5) is 0 Å². The Morgan fingerprint density at radius 3 is 2.59 bits per heavy atom. The number of allylic oxidation sites excluding steroid dienone is 2. The van der Waals surface area contributed by atoms with Gasteiger partial charge in [-0.25, -0.2) is 0 Å². The Balaban J connectivity index is 0.00000116. The van der Waals surface area contributed by atoms with Gasteiger partial charge in [0.05, 0.1) is 11.9 Å². The second kappa shape index (κ2) is 8.57. The molecule has 2 aliphatic carbocycles. The first-order valence-electron chi connectivity index (χ1n) is 8.87. The maximum Gasteiger partial charge on any atom is 0.109 e. The summed E-state index contributed by atoms with van der Waals surface area (Å²) in [5, 5.41) is 10.1. The monoisotopic (exact) mass is 306 g/mol. The average Bonchev–Trinajstić information content (AvgIpc) is 2.53. The molecule has 22 heavy (non-hydrogen) atoms. The Morgan fingerprint density at radius 2 is 2.00 bits per heavy atom. The topological polar surface area (TPSA) is 29.5 Å². The van der Waals surface area contributed by atoms with E-state index < -0.39 is 0 Å². The van der Waals surface area contributed by atoms with E-state index in [2.05, 4.69) is 46.4 Å². The van der Waals surface area contributed by atoms with Crippen LogP contribution in [-0.2, 0) is 4.74 Å². The zero-order chi connectivity index (χ0) is 16.9. The van der Waals surface area contributed by atoms with E-state index in [1.165, 1.54) is 5.57 Å². The normalized spacial score (nSPS) is 34.7. The van der Waals surface area contributed by atoms with Crippen molar-refractivity contribution in [1.82, 2.24) is 0 Å². The Morgan fingerprint density at radius 1 is 1.36 bits per heavy atom. The van der Waals surface area contributed by atoms with Crippen LogP contribution in [0.5, 0.6) is 0 Å². The van der Waals surface area contributed by atoms with Crippen LogP contribution in [0, 0.1) is 23.7 Å². The third-order valence-electron chi connectivity index (χ3n) is 5.23. The number of fused-ring (bicyclic) bond motifs is 1. The quantitative estimate of drug-likeness (QED) is 0.732. The third kappa shape index (κ3) is 4.04. The summed E-state index contributed by atoms with van der Waals surface area (Å²) >= 11 is 0. The molecule has 0 aromatic carbocycles. The molecule has 126 valence electrons. The number of aliphatic hydroxyl groups is 1. The largest absolute Gasteiger partial charge is 0.494 e. The molecule has 0 aromatic rings. The molecule has 0 bridgehead atoms. The first-order valence-corrected chi connectivity index (χ1v) is 8.87. The minimum atomic E-state index is -0.336. The van der Waals surface area contributed by atoms with Crippen molar-refractivity contribution in [3.05, 3.63) is 36.1 Å². The van der Waals surface area contributed by atoms with Crippen molar-refractivity contribution in [3.63, 3.8) is 0 Å². The molecule has 0 spiro atoms. The highest BCUT2D eigenvalue weighted by molar-refractivity contribution is 5.31. The molecule has 6 unspecified atom stereocenters. The Labute approximate surface area is 137 Å². The van der Waals surface area contributed by atoms with E-state index in [9.17, 15) is 5.11 Å². The summed E-state index contributed by atoms with van der Waals surface area (Å²) in [5.41, 5.74) is 1.23. The maximum atomic E-state index is 10.1. The molecular formula is C20H34O2. The van der Waals surface area contributed by atoms with Gasteiger partial charge in [-0.05, 0) is 23.8 Å². The van der Waals surface area contributed by atoms with E-state index in [-0.39, 0.29) is 18.1 Å². The van der Waals surface area contributed by atoms with Gasteiger partial charge in [-0.15, -0.1) is 0 Å². The number of ether oxygens (including phenoxy) is 1. The molecule has 0 aliphatic heterocycles. The predicted octanol–water partition coefficient (Wildman–Crippen LogP) is 5.11. The molecule has 0 fully saturated rings. The van der Waals surface area contributed by atoms with Crippen LogP contribution in [0.15, 0.2) is 36.1 Å². The molecular weight excluding hydrogens is 272 g/mol. The van der Waals surface area contributed by atoms with Crippen LogP contribution < -0.4 is 0 Å². The van der Waals surface area contributed by atoms with Crippen LogP contribution in [0.25, 0.3) is 0 Å². The van der Waals surface area contributed by atoms with Gasteiger partial charge in [0.2, 0.25) is 0 Å². The van der Waals surface area contributed by atoms with Gasteiger partial charge in [0.15, 0.2) is 0 Å². The zero-order valence-electron chi connectivity index (χ0n) is 15.2. The van der Waals surface area contributed by atoms with Gasteiger partial charge < -0.3 is 9.84 Å². The van der Waals surface area contributed by atoms with Gasteiger partial charge in [0, 0.05) is 18.3 Å². The molecule has 2 heteroatoms. The van der Waals surface area contributed by atoms with E-state index in [0.717, 1.165) is 18.6 Å². The van der Waals surface area contributed by atoms with E-state index in [1.54, 1.807) is 0 Å². The second-order valence-corrected chi connectivity index (χ2v) is 6.47. The summed E-state index contributed by atoms with van der Waals surface area (Å²) in [6, 6.07) is 0. The van der Waals surface area contributed by atoms with E-state index in [0.29, 0.717) is 17.8 Å². The first-order chi connectivity index (χ1) is 10.5. The fourth-order valence-electron chi connectivity index (χ4n) is 3.27. The van der Waals surface area contributed by atoms with Crippen LogP contribution in [0.1, 0.15) is 54.4 Å². The summed E-state index contributed by atoms with van der Waals surface area (Å²) in [7, 11) is 0. The smallest absolute Gasteiger partial charge is 0.109 e. The standard InChI is InChI=1S/C18H28O2.C2H6/c1-6-11(2)14(5)20-17-9-7-8-15-10-16(19)12(3)13(4)18(15)17;1-2/h7-8,10-13,16-19H,5-6,9H2,1-4H3;1-2H3. The van der Waals surface area contributed by atoms with E-state index in [4.69, 9.17) is 4.74 Å². The van der Waals surface area contributed by atoms with Crippen molar-refractivity contribution >= 4 is 0 Å². The average molecular weight is 306 g/mol. The number of aliphatic hydroxyl groups excluding tert-OH is 1. The minimum absolute atomic E-state index is 0.165. The lowest BCUT2D eigenvalue weighted by Gasteiger charge is -2.42. The minimum Gasteiger partial charge on any atom is -0.494 e. The van der Waals surface area contributed by atoms with Gasteiger partial charge in [0.25, 0.3) is 0 Å². The predicted molar refractivity (Wildman–Crippen MR) is 94.5 cm³/mol. The first kappa shape index (κ1) is 19.0. The SMILES string of the molecule is C=C(OC1CC=CC2=CC(O)C(C)C(C)C21)C(C)CC.CC. The van der Waals surface area contributed by atoms with Crippen molar-refractivity contribution < 1.29 is 9.84 Å². The van der Waals surface area contributed by atoms with Crippen molar-refractivity contribution in [3.8, 4) is 0 Å². The summed E-state index contributed by atoms with van der Waals surface area (Å²) < 4.78 is 6.20. The van der Waals surface area contributed by atoms with Gasteiger partial charge >= 0.3 is 0 Å². The number of rotatable bonds is 4. The number of hydrogen-bond donors (Lipinski definition) is 1. The number of hydrogen-bond acceptors (Lipinski definition) is 2. The summed E-state index contributed by atoms with van der Waals surface area (Å²) in [5.74, 6) is 2.37. The molecule has 0 saturated carbocycles. The summed E-state index contributed by atoms with van der Waals surface area (Å²) in [6.45, 7) is 16.8. The fourth-order valence-corrected chi connectivity index (χ4v) is 3.27. The molecule has 2 rings (SSSR count). The Hall–Kier alpha value is -1.02. The van der Waals surface area contributed by atoms with Gasteiger partial charge in [-0.1, -0.05) is 66.3 Å². The van der Waals surface area contributed by atoms with E-state index >= 15 is 0 Å².